The van der Waals surface area contributed by atoms with Gasteiger partial charge in [-0.05, 0) is 50.5 Å². The van der Waals surface area contributed by atoms with Gasteiger partial charge >= 0.3 is 0 Å². The van der Waals surface area contributed by atoms with Crippen LogP contribution in [0.5, 0.6) is 5.75 Å². The molecule has 0 aromatic heterocycles. The van der Waals surface area contributed by atoms with Gasteiger partial charge < -0.3 is 24.4 Å². The third kappa shape index (κ3) is 3.91. The molecule has 3 fully saturated rings. The van der Waals surface area contributed by atoms with Crippen molar-refractivity contribution in [2.75, 3.05) is 33.0 Å². The summed E-state index contributed by atoms with van der Waals surface area (Å²) in [4.78, 5) is 27.1. The number of hydrogen-bond donors (Lipinski definition) is 1. The molecule has 2 saturated heterocycles. The zero-order chi connectivity index (χ0) is 21.4. The molecule has 168 valence electrons. The van der Waals surface area contributed by atoms with E-state index in [1.807, 2.05) is 6.07 Å². The largest absolute Gasteiger partial charge is 0.480 e. The zero-order valence-corrected chi connectivity index (χ0v) is 17.6. The van der Waals surface area contributed by atoms with Crippen molar-refractivity contribution in [1.29, 1.82) is 0 Å². The number of halogens is 1. The van der Waals surface area contributed by atoms with Crippen LogP contribution in [0.1, 0.15) is 50.0 Å². The van der Waals surface area contributed by atoms with Crippen LogP contribution in [0.15, 0.2) is 18.2 Å². The number of rotatable bonds is 0. The highest BCUT2D eigenvalue weighted by atomic mass is 19.1. The zero-order valence-electron chi connectivity index (χ0n) is 17.6. The van der Waals surface area contributed by atoms with E-state index in [0.717, 1.165) is 44.1 Å². The number of amides is 2. The molecular formula is C23H29FN2O5. The molecule has 4 heterocycles. The Bertz CT molecular complexity index is 852. The lowest BCUT2D eigenvalue weighted by Gasteiger charge is -2.51. The quantitative estimate of drug-likeness (QED) is 0.680. The second kappa shape index (κ2) is 8.39. The molecule has 5 aliphatic rings. The van der Waals surface area contributed by atoms with Gasteiger partial charge in [0.1, 0.15) is 6.61 Å². The van der Waals surface area contributed by atoms with Gasteiger partial charge in [0.05, 0.1) is 30.9 Å². The molecule has 1 aromatic carbocycles. The third-order valence-corrected chi connectivity index (χ3v) is 7.28. The van der Waals surface area contributed by atoms with Gasteiger partial charge in [-0.15, -0.1) is 0 Å². The molecule has 2 bridgehead atoms. The molecule has 1 aliphatic carbocycles. The molecule has 4 aliphatic heterocycles. The number of carbonyl (C=O) groups is 2. The molecule has 0 unspecified atom stereocenters. The van der Waals surface area contributed by atoms with Crippen LogP contribution in [0, 0.1) is 5.82 Å². The van der Waals surface area contributed by atoms with Crippen LogP contribution in [-0.2, 0) is 19.1 Å². The number of nitrogens with one attached hydrogen (secondary N) is 1. The van der Waals surface area contributed by atoms with E-state index in [9.17, 15) is 14.0 Å². The van der Waals surface area contributed by atoms with Crippen LogP contribution in [0.25, 0.3) is 0 Å². The van der Waals surface area contributed by atoms with Crippen molar-refractivity contribution in [3.8, 4) is 5.75 Å². The number of benzene rings is 1. The van der Waals surface area contributed by atoms with Crippen LogP contribution < -0.4 is 10.1 Å². The van der Waals surface area contributed by atoms with E-state index in [4.69, 9.17) is 14.2 Å². The smallest absolute Gasteiger partial charge is 0.260 e. The Kier molecular flexibility index (Phi) is 5.60. The van der Waals surface area contributed by atoms with Gasteiger partial charge in [0.2, 0.25) is 5.91 Å². The summed E-state index contributed by atoms with van der Waals surface area (Å²) in [7, 11) is 0. The summed E-state index contributed by atoms with van der Waals surface area (Å²) in [6.07, 6.45) is 5.07. The molecule has 0 radical (unpaired) electrons. The van der Waals surface area contributed by atoms with E-state index in [-0.39, 0.29) is 48.8 Å². The lowest BCUT2D eigenvalue weighted by molar-refractivity contribution is -0.156. The number of para-hydroxylation sites is 1. The fourth-order valence-corrected chi connectivity index (χ4v) is 5.71. The fraction of sp³-hybridized carbons (Fsp3) is 0.652. The minimum Gasteiger partial charge on any atom is -0.480 e. The highest BCUT2D eigenvalue weighted by molar-refractivity contribution is 5.81. The van der Waals surface area contributed by atoms with Crippen molar-refractivity contribution < 1.29 is 28.2 Å². The van der Waals surface area contributed by atoms with E-state index < -0.39 is 11.4 Å². The summed E-state index contributed by atoms with van der Waals surface area (Å²) in [5.74, 6) is -0.443. The van der Waals surface area contributed by atoms with Crippen molar-refractivity contribution in [2.24, 2.45) is 0 Å². The Labute approximate surface area is 181 Å². The molecule has 1 N–H and O–H groups in total. The lowest BCUT2D eigenvalue weighted by atomic mass is 9.80. The van der Waals surface area contributed by atoms with Crippen LogP contribution in [0.4, 0.5) is 4.39 Å². The van der Waals surface area contributed by atoms with Crippen LogP contribution in [0.2, 0.25) is 0 Å². The molecule has 31 heavy (non-hydrogen) atoms. The predicted molar refractivity (Wildman–Crippen MR) is 109 cm³/mol. The number of ether oxygens (including phenoxy) is 3. The molecule has 2 atom stereocenters. The first-order valence-electron chi connectivity index (χ1n) is 11.3. The van der Waals surface area contributed by atoms with Gasteiger partial charge in [-0.2, -0.15) is 0 Å². The standard InChI is InChI=1S/C23H29FN2O5/c24-18-4-1-3-17-15-5-7-16(8-6-15)30-11-19-23(14-29-12-20(27)25-23)9-2-10-26(19)21(28)13-31-22(17)18/h1,3-4,15-16,19H,2,5-14H2,(H,25,27)/t15-,16+,19-,23+/m0/s1. The van der Waals surface area contributed by atoms with Gasteiger partial charge in [0.15, 0.2) is 18.2 Å². The number of fused-ring (bicyclic) bond motifs is 5. The number of carbonyl (C=O) groups excluding carboxylic acids is 2. The highest BCUT2D eigenvalue weighted by Gasteiger charge is 2.49. The van der Waals surface area contributed by atoms with Crippen molar-refractivity contribution in [3.05, 3.63) is 29.6 Å². The van der Waals surface area contributed by atoms with Gasteiger partial charge in [-0.3, -0.25) is 9.59 Å². The van der Waals surface area contributed by atoms with Crippen LogP contribution in [0.3, 0.4) is 0 Å². The summed E-state index contributed by atoms with van der Waals surface area (Å²) >= 11 is 0. The Balaban J connectivity index is 1.48. The first kappa shape index (κ1) is 20.7. The summed E-state index contributed by atoms with van der Waals surface area (Å²) < 4.78 is 32.4. The van der Waals surface area contributed by atoms with Gasteiger partial charge in [0.25, 0.3) is 5.91 Å². The average Bonchev–Trinajstić information content (AvgIpc) is 2.78. The molecule has 1 aromatic rings. The Morgan fingerprint density at radius 3 is 2.77 bits per heavy atom. The Hall–Kier alpha value is -2.19. The first-order valence-corrected chi connectivity index (χ1v) is 11.3. The van der Waals surface area contributed by atoms with Crippen molar-refractivity contribution in [3.63, 3.8) is 0 Å². The van der Waals surface area contributed by atoms with E-state index >= 15 is 0 Å². The third-order valence-electron chi connectivity index (χ3n) is 7.28. The van der Waals surface area contributed by atoms with Crippen molar-refractivity contribution in [1.82, 2.24) is 10.2 Å². The molecule has 1 saturated carbocycles. The second-order valence-corrected chi connectivity index (χ2v) is 9.16. The van der Waals surface area contributed by atoms with Gasteiger partial charge in [0, 0.05) is 12.1 Å². The molecule has 2 amide bonds. The molecular weight excluding hydrogens is 403 g/mol. The maximum absolute atomic E-state index is 14.7. The number of morpholine rings is 1. The maximum atomic E-state index is 14.7. The van der Waals surface area contributed by atoms with Gasteiger partial charge in [-0.25, -0.2) is 4.39 Å². The maximum Gasteiger partial charge on any atom is 0.260 e. The van der Waals surface area contributed by atoms with Crippen LogP contribution in [-0.4, -0.2) is 67.4 Å². The SMILES string of the molecule is O=C1COC[C@@]2(CCCN3C(=O)COc4c(F)cccc4[C@H]4CC[C@H](CC4)OC[C@H]32)N1. The second-order valence-electron chi connectivity index (χ2n) is 9.16. The molecule has 1 spiro atoms. The molecule has 8 heteroatoms. The monoisotopic (exact) mass is 432 g/mol. The summed E-state index contributed by atoms with van der Waals surface area (Å²) in [6.45, 7) is 1.02. The number of nitrogens with zero attached hydrogens (tertiary/aromatic N) is 1. The van der Waals surface area contributed by atoms with E-state index in [0.29, 0.717) is 19.8 Å². The Morgan fingerprint density at radius 2 is 1.97 bits per heavy atom. The predicted octanol–water partition coefficient (Wildman–Crippen LogP) is 2.14. The lowest BCUT2D eigenvalue weighted by Crippen LogP contribution is -2.72. The minimum atomic E-state index is -0.663. The van der Waals surface area contributed by atoms with Gasteiger partial charge in [-0.1, -0.05) is 12.1 Å². The normalized spacial score (nSPS) is 34.0. The topological polar surface area (TPSA) is 77.1 Å². The number of piperidine rings is 1. The molecule has 6 rings (SSSR count). The summed E-state index contributed by atoms with van der Waals surface area (Å²) in [5, 5.41) is 3.10. The number of hydrogen-bond acceptors (Lipinski definition) is 5. The summed E-state index contributed by atoms with van der Waals surface area (Å²) in [5.41, 5.74) is 0.175. The average molecular weight is 432 g/mol. The first-order chi connectivity index (χ1) is 15.1. The highest BCUT2D eigenvalue weighted by Crippen LogP contribution is 2.40. The Morgan fingerprint density at radius 1 is 1.13 bits per heavy atom. The van der Waals surface area contributed by atoms with E-state index in [2.05, 4.69) is 5.32 Å². The minimum absolute atomic E-state index is 0.0342. The molecule has 7 nitrogen and oxygen atoms in total. The van der Waals surface area contributed by atoms with E-state index in [1.165, 1.54) is 6.07 Å². The summed E-state index contributed by atoms with van der Waals surface area (Å²) in [6, 6.07) is 4.64. The fourth-order valence-electron chi connectivity index (χ4n) is 5.71. The van der Waals surface area contributed by atoms with Crippen LogP contribution >= 0.6 is 0 Å². The van der Waals surface area contributed by atoms with Crippen molar-refractivity contribution in [2.45, 2.75) is 62.1 Å². The van der Waals surface area contributed by atoms with Crippen molar-refractivity contribution >= 4 is 11.8 Å². The van der Waals surface area contributed by atoms with E-state index in [1.54, 1.807) is 11.0 Å².